The van der Waals surface area contributed by atoms with E-state index >= 15 is 0 Å². The van der Waals surface area contributed by atoms with Gasteiger partial charge < -0.3 is 0 Å². The Morgan fingerprint density at radius 2 is 1.73 bits per heavy atom. The van der Waals surface area contributed by atoms with E-state index in [-0.39, 0.29) is 0 Å². The molecule has 0 aromatic carbocycles. The molecule has 2 heterocycles. The lowest BCUT2D eigenvalue weighted by molar-refractivity contribution is 0.116. The lowest BCUT2D eigenvalue weighted by atomic mass is 10.0. The Kier molecular flexibility index (Phi) is 3.36. The van der Waals surface area contributed by atoms with Crippen molar-refractivity contribution in [2.75, 3.05) is 19.6 Å². The number of hydrogen-bond acceptors (Lipinski definition) is 2. The molecule has 15 heavy (non-hydrogen) atoms. The van der Waals surface area contributed by atoms with Crippen LogP contribution in [-0.4, -0.2) is 47.6 Å². The van der Waals surface area contributed by atoms with Crippen molar-refractivity contribution in [3.63, 3.8) is 0 Å². The second kappa shape index (κ2) is 4.42. The predicted octanol–water partition coefficient (Wildman–Crippen LogP) is 2.20. The zero-order chi connectivity index (χ0) is 11.0. The predicted molar refractivity (Wildman–Crippen MR) is 65.1 cm³/mol. The van der Waals surface area contributed by atoms with E-state index in [2.05, 4.69) is 37.5 Å². The van der Waals surface area contributed by atoms with Crippen LogP contribution in [0.4, 0.5) is 0 Å². The first-order chi connectivity index (χ1) is 7.08. The van der Waals surface area contributed by atoms with Crippen LogP contribution in [0, 0.1) is 5.92 Å². The molecule has 0 spiro atoms. The average Bonchev–Trinajstić information content (AvgIpc) is 2.39. The molecular formula is C13H26N2. The van der Waals surface area contributed by atoms with Crippen molar-refractivity contribution in [2.45, 2.75) is 58.7 Å². The minimum atomic E-state index is 0.721. The molecule has 2 atom stereocenters. The molecule has 2 aliphatic rings. The molecule has 0 amide bonds. The van der Waals surface area contributed by atoms with Gasteiger partial charge in [-0.15, -0.1) is 0 Å². The molecule has 2 saturated heterocycles. The molecule has 0 saturated carbocycles. The molecule has 2 nitrogen and oxygen atoms in total. The third-order valence-corrected chi connectivity index (χ3v) is 4.21. The van der Waals surface area contributed by atoms with Crippen LogP contribution in [0.2, 0.25) is 0 Å². The van der Waals surface area contributed by atoms with Crippen LogP contribution >= 0.6 is 0 Å². The van der Waals surface area contributed by atoms with Crippen LogP contribution < -0.4 is 0 Å². The first kappa shape index (κ1) is 11.4. The number of fused-ring (bicyclic) bond motifs is 2. The van der Waals surface area contributed by atoms with Gasteiger partial charge in [0.25, 0.3) is 0 Å². The van der Waals surface area contributed by atoms with Gasteiger partial charge in [-0.05, 0) is 53.0 Å². The number of rotatable bonds is 2. The first-order valence-corrected chi connectivity index (χ1v) is 6.57. The summed E-state index contributed by atoms with van der Waals surface area (Å²) in [5.41, 5.74) is 0. The van der Waals surface area contributed by atoms with Crippen LogP contribution in [0.15, 0.2) is 0 Å². The second-order valence-electron chi connectivity index (χ2n) is 5.92. The molecule has 2 bridgehead atoms. The highest BCUT2D eigenvalue weighted by Gasteiger charge is 2.37. The van der Waals surface area contributed by atoms with Gasteiger partial charge in [0.05, 0.1) is 0 Å². The van der Waals surface area contributed by atoms with Crippen molar-refractivity contribution in [2.24, 2.45) is 5.92 Å². The van der Waals surface area contributed by atoms with Gasteiger partial charge in [-0.1, -0.05) is 0 Å². The molecule has 0 radical (unpaired) electrons. The van der Waals surface area contributed by atoms with Crippen LogP contribution in [0.3, 0.4) is 0 Å². The molecule has 0 N–H and O–H groups in total. The van der Waals surface area contributed by atoms with Crippen molar-refractivity contribution in [1.82, 2.24) is 9.80 Å². The molecule has 2 rings (SSSR count). The maximum absolute atomic E-state index is 2.72. The van der Waals surface area contributed by atoms with E-state index < -0.39 is 0 Å². The monoisotopic (exact) mass is 210 g/mol. The molecular weight excluding hydrogens is 184 g/mol. The van der Waals surface area contributed by atoms with E-state index in [1.165, 1.54) is 32.5 Å². The highest BCUT2D eigenvalue weighted by molar-refractivity contribution is 4.92. The van der Waals surface area contributed by atoms with Crippen molar-refractivity contribution >= 4 is 0 Å². The van der Waals surface area contributed by atoms with E-state index in [1.54, 1.807) is 0 Å². The minimum absolute atomic E-state index is 0.721. The second-order valence-corrected chi connectivity index (χ2v) is 5.92. The average molecular weight is 210 g/mol. The molecule has 2 fully saturated rings. The van der Waals surface area contributed by atoms with Crippen molar-refractivity contribution in [3.05, 3.63) is 0 Å². The summed E-state index contributed by atoms with van der Waals surface area (Å²) in [6, 6.07) is 2.28. The van der Waals surface area contributed by atoms with Gasteiger partial charge in [-0.25, -0.2) is 0 Å². The van der Waals surface area contributed by atoms with E-state index in [4.69, 9.17) is 0 Å². The summed E-state index contributed by atoms with van der Waals surface area (Å²) in [6.07, 6.45) is 2.86. The van der Waals surface area contributed by atoms with E-state index in [9.17, 15) is 0 Å². The molecule has 0 aliphatic carbocycles. The van der Waals surface area contributed by atoms with E-state index in [0.29, 0.717) is 0 Å². The summed E-state index contributed by atoms with van der Waals surface area (Å²) in [5, 5.41) is 0. The lowest BCUT2D eigenvalue weighted by Crippen LogP contribution is -2.46. The summed E-state index contributed by atoms with van der Waals surface area (Å²) in [4.78, 5) is 5.39. The zero-order valence-corrected chi connectivity index (χ0v) is 10.7. The fraction of sp³-hybridized carbons (Fsp3) is 1.00. The Balaban J connectivity index is 2.03. The fourth-order valence-corrected chi connectivity index (χ4v) is 3.24. The summed E-state index contributed by atoms with van der Waals surface area (Å²) >= 11 is 0. The van der Waals surface area contributed by atoms with Crippen molar-refractivity contribution in [1.29, 1.82) is 0 Å². The van der Waals surface area contributed by atoms with Gasteiger partial charge in [0.1, 0.15) is 0 Å². The van der Waals surface area contributed by atoms with Crippen LogP contribution in [-0.2, 0) is 0 Å². The number of hydrogen-bond donors (Lipinski definition) is 0. The Hall–Kier alpha value is -0.0800. The van der Waals surface area contributed by atoms with Crippen molar-refractivity contribution in [3.8, 4) is 0 Å². The highest BCUT2D eigenvalue weighted by atomic mass is 15.3. The Labute approximate surface area is 94.6 Å². The third kappa shape index (κ3) is 2.36. The maximum Gasteiger partial charge on any atom is 0.0229 e. The normalized spacial score (nSPS) is 34.0. The summed E-state index contributed by atoms with van der Waals surface area (Å²) in [5.74, 6) is 0.973. The standard InChI is InChI=1S/C13H26N2/c1-10(2)14-6-5-12-7-13(9-14)15(8-12)11(3)4/h10-13H,5-9H2,1-4H3. The van der Waals surface area contributed by atoms with Gasteiger partial charge in [-0.2, -0.15) is 0 Å². The summed E-state index contributed by atoms with van der Waals surface area (Å²) < 4.78 is 0. The molecule has 2 heteroatoms. The SMILES string of the molecule is CC(C)N1CCC2CC(C1)N(C(C)C)C2. The molecule has 88 valence electrons. The van der Waals surface area contributed by atoms with Gasteiger partial charge in [0.2, 0.25) is 0 Å². The quantitative estimate of drug-likeness (QED) is 0.689. The highest BCUT2D eigenvalue weighted by Crippen LogP contribution is 2.31. The Bertz CT molecular complexity index is 213. The van der Waals surface area contributed by atoms with Crippen molar-refractivity contribution < 1.29 is 0 Å². The number of nitrogens with zero attached hydrogens (tertiary/aromatic N) is 2. The fourth-order valence-electron chi connectivity index (χ4n) is 3.24. The van der Waals surface area contributed by atoms with Crippen LogP contribution in [0.1, 0.15) is 40.5 Å². The van der Waals surface area contributed by atoms with Gasteiger partial charge in [-0.3, -0.25) is 9.80 Å². The lowest BCUT2D eigenvalue weighted by Gasteiger charge is -2.35. The van der Waals surface area contributed by atoms with Crippen LogP contribution in [0.25, 0.3) is 0 Å². The molecule has 2 aliphatic heterocycles. The molecule has 2 unspecified atom stereocenters. The Morgan fingerprint density at radius 1 is 1.00 bits per heavy atom. The topological polar surface area (TPSA) is 6.48 Å². The van der Waals surface area contributed by atoms with Gasteiger partial charge in [0.15, 0.2) is 0 Å². The first-order valence-electron chi connectivity index (χ1n) is 6.57. The van der Waals surface area contributed by atoms with Gasteiger partial charge in [0, 0.05) is 31.2 Å². The largest absolute Gasteiger partial charge is 0.299 e. The Morgan fingerprint density at radius 3 is 2.33 bits per heavy atom. The summed E-state index contributed by atoms with van der Waals surface area (Å²) in [6.45, 7) is 13.3. The van der Waals surface area contributed by atoms with E-state index in [0.717, 1.165) is 24.0 Å². The zero-order valence-electron chi connectivity index (χ0n) is 10.7. The third-order valence-electron chi connectivity index (χ3n) is 4.21. The van der Waals surface area contributed by atoms with Crippen LogP contribution in [0.5, 0.6) is 0 Å². The summed E-state index contributed by atoms with van der Waals surface area (Å²) in [7, 11) is 0. The van der Waals surface area contributed by atoms with E-state index in [1.807, 2.05) is 0 Å². The smallest absolute Gasteiger partial charge is 0.0229 e. The minimum Gasteiger partial charge on any atom is -0.299 e. The number of likely N-dealkylation sites (tertiary alicyclic amines) is 2. The molecule has 0 aromatic heterocycles. The maximum atomic E-state index is 2.72. The molecule has 0 aromatic rings. The van der Waals surface area contributed by atoms with Gasteiger partial charge >= 0.3 is 0 Å².